The number of anilines is 2. The van der Waals surface area contributed by atoms with Crippen LogP contribution in [0.1, 0.15) is 24.4 Å². The highest BCUT2D eigenvalue weighted by Gasteiger charge is 2.19. The van der Waals surface area contributed by atoms with Gasteiger partial charge in [0, 0.05) is 17.4 Å². The maximum atomic E-state index is 13.1. The number of halogens is 2. The molecule has 31 heavy (non-hydrogen) atoms. The number of hydrogen-bond donors (Lipinski definition) is 2. The first-order valence-electron chi connectivity index (χ1n) is 9.54. The molecule has 0 bridgehead atoms. The van der Waals surface area contributed by atoms with Crippen molar-refractivity contribution in [2.45, 2.75) is 26.8 Å². The molecule has 2 amide bonds. The molecule has 3 aromatic rings. The lowest BCUT2D eigenvalue weighted by Crippen LogP contribution is -2.25. The van der Waals surface area contributed by atoms with Crippen molar-refractivity contribution in [1.29, 1.82) is 0 Å². The summed E-state index contributed by atoms with van der Waals surface area (Å²) in [6.45, 7) is 5.20. The lowest BCUT2D eigenvalue weighted by Gasteiger charge is -2.16. The van der Waals surface area contributed by atoms with E-state index in [1.54, 1.807) is 29.8 Å². The highest BCUT2D eigenvalue weighted by Crippen LogP contribution is 2.26. The predicted octanol–water partition coefficient (Wildman–Crippen LogP) is 4.51. The average molecular weight is 445 g/mol. The number of nitrogens with one attached hydrogen (secondary N) is 2. The van der Waals surface area contributed by atoms with Crippen LogP contribution >= 0.6 is 11.6 Å². The van der Waals surface area contributed by atoms with Crippen LogP contribution in [-0.4, -0.2) is 28.2 Å². The van der Waals surface area contributed by atoms with Gasteiger partial charge in [0.25, 0.3) is 5.91 Å². The molecule has 0 saturated carbocycles. The molecule has 0 aliphatic heterocycles. The van der Waals surface area contributed by atoms with Crippen LogP contribution in [0.3, 0.4) is 0 Å². The van der Waals surface area contributed by atoms with Crippen molar-refractivity contribution in [3.05, 3.63) is 70.8 Å². The number of benzene rings is 2. The molecule has 1 unspecified atom stereocenters. The monoisotopic (exact) mass is 444 g/mol. The van der Waals surface area contributed by atoms with Crippen molar-refractivity contribution >= 4 is 34.8 Å². The summed E-state index contributed by atoms with van der Waals surface area (Å²) in [6.07, 6.45) is 0. The van der Waals surface area contributed by atoms with E-state index in [9.17, 15) is 14.0 Å². The van der Waals surface area contributed by atoms with Crippen LogP contribution in [0.15, 0.2) is 48.5 Å². The Morgan fingerprint density at radius 1 is 1.16 bits per heavy atom. The van der Waals surface area contributed by atoms with E-state index in [4.69, 9.17) is 16.3 Å². The highest BCUT2D eigenvalue weighted by molar-refractivity contribution is 6.34. The molecule has 0 aliphatic carbocycles. The average Bonchev–Trinajstić information content (AvgIpc) is 3.06. The lowest BCUT2D eigenvalue weighted by atomic mass is 10.2. The summed E-state index contributed by atoms with van der Waals surface area (Å²) >= 11 is 6.27. The minimum absolute atomic E-state index is 0.253. The Bertz CT molecular complexity index is 1120. The Labute approximate surface area is 184 Å². The second-order valence-corrected chi connectivity index (χ2v) is 7.43. The number of nitrogens with zero attached hydrogens (tertiary/aromatic N) is 2. The summed E-state index contributed by atoms with van der Waals surface area (Å²) in [7, 11) is 0. The fourth-order valence-electron chi connectivity index (χ4n) is 2.98. The molecule has 2 N–H and O–H groups in total. The number of ether oxygens (including phenoxy) is 1. The van der Waals surface area contributed by atoms with E-state index in [2.05, 4.69) is 15.7 Å². The lowest BCUT2D eigenvalue weighted by molar-refractivity contribution is -0.119. The van der Waals surface area contributed by atoms with Gasteiger partial charge in [0.15, 0.2) is 6.61 Å². The topological polar surface area (TPSA) is 85.2 Å². The minimum atomic E-state index is -0.524. The van der Waals surface area contributed by atoms with Gasteiger partial charge in [-0.1, -0.05) is 17.7 Å². The molecule has 2 aromatic carbocycles. The molecular formula is C22H22ClFN4O3. The number of amides is 2. The first kappa shape index (κ1) is 22.3. The van der Waals surface area contributed by atoms with Gasteiger partial charge in [-0.05, 0) is 57.2 Å². The summed E-state index contributed by atoms with van der Waals surface area (Å²) in [4.78, 5) is 24.7. The van der Waals surface area contributed by atoms with Crippen molar-refractivity contribution in [1.82, 2.24) is 9.78 Å². The van der Waals surface area contributed by atoms with Crippen LogP contribution in [0.4, 0.5) is 15.8 Å². The Kier molecular flexibility index (Phi) is 6.91. The fraction of sp³-hybridized carbons (Fsp3) is 0.227. The molecule has 9 heteroatoms. The van der Waals surface area contributed by atoms with Crippen molar-refractivity contribution in [3.63, 3.8) is 0 Å². The van der Waals surface area contributed by atoms with Gasteiger partial charge in [0.05, 0.1) is 16.4 Å². The van der Waals surface area contributed by atoms with Crippen molar-refractivity contribution < 1.29 is 18.7 Å². The molecule has 0 aliphatic rings. The van der Waals surface area contributed by atoms with Gasteiger partial charge in [0.1, 0.15) is 17.6 Å². The first-order chi connectivity index (χ1) is 14.7. The number of carbonyl (C=O) groups excluding carboxylic acids is 2. The predicted molar refractivity (Wildman–Crippen MR) is 117 cm³/mol. The Morgan fingerprint density at radius 3 is 2.58 bits per heavy atom. The Hall–Kier alpha value is -3.39. The van der Waals surface area contributed by atoms with Crippen LogP contribution < -0.4 is 15.4 Å². The number of hydrogen-bond acceptors (Lipinski definition) is 4. The third-order valence-electron chi connectivity index (χ3n) is 4.47. The van der Waals surface area contributed by atoms with Gasteiger partial charge in [0.2, 0.25) is 5.91 Å². The second kappa shape index (κ2) is 9.61. The Balaban J connectivity index is 1.58. The summed E-state index contributed by atoms with van der Waals surface area (Å²) in [5.41, 5.74) is 2.55. The van der Waals surface area contributed by atoms with Crippen LogP contribution in [-0.2, 0) is 9.59 Å². The molecule has 0 radical (unpaired) electrons. The summed E-state index contributed by atoms with van der Waals surface area (Å²) in [6, 6.07) is 11.6. The van der Waals surface area contributed by atoms with E-state index in [1.165, 1.54) is 24.3 Å². The van der Waals surface area contributed by atoms with Crippen molar-refractivity contribution in [2.75, 3.05) is 17.2 Å². The maximum absolute atomic E-state index is 13.1. The van der Waals surface area contributed by atoms with E-state index in [-0.39, 0.29) is 23.3 Å². The van der Waals surface area contributed by atoms with Gasteiger partial charge >= 0.3 is 0 Å². The zero-order valence-corrected chi connectivity index (χ0v) is 18.0. The molecule has 1 atom stereocenters. The number of aryl methyl sites for hydroxylation is 2. The second-order valence-electron chi connectivity index (χ2n) is 7.03. The normalized spacial score (nSPS) is 11.6. The largest absolute Gasteiger partial charge is 0.484 e. The van der Waals surface area contributed by atoms with E-state index in [1.807, 2.05) is 19.9 Å². The van der Waals surface area contributed by atoms with Gasteiger partial charge in [-0.25, -0.2) is 4.39 Å². The van der Waals surface area contributed by atoms with Gasteiger partial charge < -0.3 is 15.4 Å². The van der Waals surface area contributed by atoms with E-state index in [0.717, 1.165) is 11.4 Å². The van der Waals surface area contributed by atoms with Gasteiger partial charge in [-0.15, -0.1) is 0 Å². The molecule has 0 fully saturated rings. The smallest absolute Gasteiger partial charge is 0.262 e. The first-order valence-corrected chi connectivity index (χ1v) is 9.92. The van der Waals surface area contributed by atoms with Crippen LogP contribution in [0.25, 0.3) is 0 Å². The summed E-state index contributed by atoms with van der Waals surface area (Å²) in [5.74, 6) is -0.902. The third-order valence-corrected chi connectivity index (χ3v) is 4.78. The molecular weight excluding hydrogens is 423 g/mol. The van der Waals surface area contributed by atoms with E-state index >= 15 is 0 Å². The minimum Gasteiger partial charge on any atom is -0.484 e. The molecule has 0 spiro atoms. The van der Waals surface area contributed by atoms with Crippen molar-refractivity contribution in [3.8, 4) is 5.75 Å². The zero-order chi connectivity index (χ0) is 22.5. The van der Waals surface area contributed by atoms with E-state index < -0.39 is 17.8 Å². The van der Waals surface area contributed by atoms with Gasteiger partial charge in [-0.2, -0.15) is 5.10 Å². The Morgan fingerprint density at radius 2 is 1.94 bits per heavy atom. The third kappa shape index (κ3) is 5.82. The standard InChI is InChI=1S/C22H22ClFN4O3/c1-13-9-14(2)28(27-13)15(3)22(30)26-20-8-7-17(11-19(20)23)25-21(29)12-31-18-6-4-5-16(24)10-18/h4-11,15H,12H2,1-3H3,(H,25,29)(H,26,30). The molecule has 3 rings (SSSR count). The SMILES string of the molecule is Cc1cc(C)n(C(C)C(=O)Nc2ccc(NC(=O)COc3cccc(F)c3)cc2Cl)n1. The molecule has 162 valence electrons. The fourth-order valence-corrected chi connectivity index (χ4v) is 3.21. The molecule has 0 saturated heterocycles. The number of aromatic nitrogens is 2. The maximum Gasteiger partial charge on any atom is 0.262 e. The van der Waals surface area contributed by atoms with Crippen LogP contribution in [0, 0.1) is 19.7 Å². The van der Waals surface area contributed by atoms with Gasteiger partial charge in [-0.3, -0.25) is 14.3 Å². The zero-order valence-electron chi connectivity index (χ0n) is 17.3. The van der Waals surface area contributed by atoms with Crippen LogP contribution in [0.2, 0.25) is 5.02 Å². The molecule has 1 aromatic heterocycles. The quantitative estimate of drug-likeness (QED) is 0.561. The van der Waals surface area contributed by atoms with E-state index in [0.29, 0.717) is 11.4 Å². The number of rotatable bonds is 7. The number of carbonyl (C=O) groups is 2. The molecule has 1 heterocycles. The highest BCUT2D eigenvalue weighted by atomic mass is 35.5. The van der Waals surface area contributed by atoms with Crippen LogP contribution in [0.5, 0.6) is 5.75 Å². The molecule has 7 nitrogen and oxygen atoms in total. The summed E-state index contributed by atoms with van der Waals surface area (Å²) in [5, 5.41) is 10.0. The summed E-state index contributed by atoms with van der Waals surface area (Å²) < 4.78 is 20.0. The van der Waals surface area contributed by atoms with Crippen molar-refractivity contribution in [2.24, 2.45) is 0 Å².